The number of hydrogen-bond donors (Lipinski definition) is 1. The van der Waals surface area contributed by atoms with Gasteiger partial charge in [-0.05, 0) is 29.7 Å². The number of hydrogen-bond acceptors (Lipinski definition) is 3. The van der Waals surface area contributed by atoms with Crippen LogP contribution in [0.4, 0.5) is 0 Å². The topological polar surface area (TPSA) is 58.4 Å². The van der Waals surface area contributed by atoms with Crippen molar-refractivity contribution in [2.24, 2.45) is 0 Å². The summed E-state index contributed by atoms with van der Waals surface area (Å²) in [6, 6.07) is 38.5. The molecule has 5 aromatic rings. The molecule has 40 heavy (non-hydrogen) atoms. The maximum atomic E-state index is 11.7. The molecule has 0 atom stereocenters. The van der Waals surface area contributed by atoms with Crippen molar-refractivity contribution in [1.29, 1.82) is 0 Å². The SMILES string of the molecule is CCCCn1c(-c2ccccc2)nc(-c2ccccc2)c1CN(Cc1ccccc1)Cc1cccc(C(=O)O)c1. The zero-order chi connectivity index (χ0) is 27.7. The first kappa shape index (κ1) is 27.1. The number of unbranched alkanes of at least 4 members (excludes halogenated alkanes) is 1. The number of carboxylic acid groups (broad SMARTS) is 1. The van der Waals surface area contributed by atoms with Gasteiger partial charge in [-0.15, -0.1) is 0 Å². The maximum absolute atomic E-state index is 11.7. The molecule has 0 aliphatic carbocycles. The van der Waals surface area contributed by atoms with Crippen LogP contribution in [-0.4, -0.2) is 25.5 Å². The molecule has 0 aliphatic rings. The third kappa shape index (κ3) is 6.56. The van der Waals surface area contributed by atoms with E-state index < -0.39 is 5.97 Å². The van der Waals surface area contributed by atoms with Gasteiger partial charge in [0.25, 0.3) is 0 Å². The fourth-order valence-corrected chi connectivity index (χ4v) is 5.12. The zero-order valence-electron chi connectivity index (χ0n) is 22.9. The van der Waals surface area contributed by atoms with Crippen LogP contribution < -0.4 is 0 Å². The highest BCUT2D eigenvalue weighted by Crippen LogP contribution is 2.31. The van der Waals surface area contributed by atoms with Crippen LogP contribution in [0.1, 0.15) is 46.9 Å². The third-order valence-corrected chi connectivity index (χ3v) is 7.09. The van der Waals surface area contributed by atoms with Crippen molar-refractivity contribution in [2.45, 2.75) is 45.9 Å². The largest absolute Gasteiger partial charge is 0.478 e. The molecule has 5 nitrogen and oxygen atoms in total. The van der Waals surface area contributed by atoms with Crippen LogP contribution in [0.2, 0.25) is 0 Å². The molecule has 1 aromatic heterocycles. The highest BCUT2D eigenvalue weighted by molar-refractivity contribution is 5.87. The van der Waals surface area contributed by atoms with Crippen LogP contribution in [-0.2, 0) is 26.2 Å². The van der Waals surface area contributed by atoms with Gasteiger partial charge in [0.05, 0.1) is 17.0 Å². The molecular formula is C35H35N3O2. The van der Waals surface area contributed by atoms with Gasteiger partial charge in [-0.3, -0.25) is 4.90 Å². The Morgan fingerprint density at radius 2 is 1.35 bits per heavy atom. The van der Waals surface area contributed by atoms with E-state index in [0.29, 0.717) is 18.7 Å². The van der Waals surface area contributed by atoms with E-state index in [-0.39, 0.29) is 0 Å². The number of benzene rings is 4. The lowest BCUT2D eigenvalue weighted by Crippen LogP contribution is -2.24. The molecule has 5 heteroatoms. The van der Waals surface area contributed by atoms with Gasteiger partial charge in [0.1, 0.15) is 5.82 Å². The zero-order valence-corrected chi connectivity index (χ0v) is 22.9. The number of imidazole rings is 1. The quantitative estimate of drug-likeness (QED) is 0.178. The number of nitrogens with zero attached hydrogens (tertiary/aromatic N) is 3. The van der Waals surface area contributed by atoms with Gasteiger partial charge in [0.15, 0.2) is 0 Å². The normalized spacial score (nSPS) is 11.2. The summed E-state index contributed by atoms with van der Waals surface area (Å²) in [5, 5.41) is 9.58. The third-order valence-electron chi connectivity index (χ3n) is 7.09. The van der Waals surface area contributed by atoms with Crippen molar-refractivity contribution in [1.82, 2.24) is 14.5 Å². The Bertz CT molecular complexity index is 1530. The predicted octanol–water partition coefficient (Wildman–Crippen LogP) is 7.92. The lowest BCUT2D eigenvalue weighted by molar-refractivity contribution is 0.0696. The summed E-state index contributed by atoms with van der Waals surface area (Å²) in [7, 11) is 0. The van der Waals surface area contributed by atoms with Gasteiger partial charge in [0, 0.05) is 37.3 Å². The Labute approximate surface area is 236 Å². The minimum atomic E-state index is -0.909. The second-order valence-corrected chi connectivity index (χ2v) is 10.1. The molecule has 4 aromatic carbocycles. The molecule has 0 radical (unpaired) electrons. The van der Waals surface area contributed by atoms with Crippen molar-refractivity contribution >= 4 is 5.97 Å². The predicted molar refractivity (Wildman–Crippen MR) is 161 cm³/mol. The Morgan fingerprint density at radius 3 is 2.00 bits per heavy atom. The van der Waals surface area contributed by atoms with Gasteiger partial charge in [-0.2, -0.15) is 0 Å². The number of carboxylic acids is 1. The first-order valence-corrected chi connectivity index (χ1v) is 13.9. The molecule has 0 unspecified atom stereocenters. The number of rotatable bonds is 12. The molecule has 1 N–H and O–H groups in total. The minimum absolute atomic E-state index is 0.307. The van der Waals surface area contributed by atoms with E-state index in [1.807, 2.05) is 30.3 Å². The molecule has 202 valence electrons. The Balaban J connectivity index is 1.61. The van der Waals surface area contributed by atoms with Crippen molar-refractivity contribution in [3.05, 3.63) is 138 Å². The van der Waals surface area contributed by atoms with Crippen molar-refractivity contribution < 1.29 is 9.90 Å². The maximum Gasteiger partial charge on any atom is 0.335 e. The number of carbonyl (C=O) groups is 1. The van der Waals surface area contributed by atoms with Gasteiger partial charge in [-0.1, -0.05) is 116 Å². The van der Waals surface area contributed by atoms with E-state index in [9.17, 15) is 9.90 Å². The smallest absolute Gasteiger partial charge is 0.335 e. The van der Waals surface area contributed by atoms with E-state index >= 15 is 0 Å². The summed E-state index contributed by atoms with van der Waals surface area (Å²) >= 11 is 0. The van der Waals surface area contributed by atoms with Crippen LogP contribution >= 0.6 is 0 Å². The molecule has 1 heterocycles. The van der Waals surface area contributed by atoms with Crippen molar-refractivity contribution in [2.75, 3.05) is 0 Å². The van der Waals surface area contributed by atoms with E-state index in [4.69, 9.17) is 4.98 Å². The molecular weight excluding hydrogens is 494 g/mol. The van der Waals surface area contributed by atoms with Gasteiger partial charge < -0.3 is 9.67 Å². The standard InChI is InChI=1S/C35H35N3O2/c1-2-3-22-38-32(33(29-17-9-5-10-18-29)36-34(38)30-19-11-6-12-20-30)26-37(24-27-14-7-4-8-15-27)25-28-16-13-21-31(23-28)35(39)40/h4-21,23H,2-3,22,24-26H2,1H3,(H,39,40). The molecule has 0 fully saturated rings. The molecule has 0 saturated heterocycles. The highest BCUT2D eigenvalue weighted by atomic mass is 16.4. The highest BCUT2D eigenvalue weighted by Gasteiger charge is 2.22. The second-order valence-electron chi connectivity index (χ2n) is 10.1. The fourth-order valence-electron chi connectivity index (χ4n) is 5.12. The van der Waals surface area contributed by atoms with Crippen molar-refractivity contribution in [3.63, 3.8) is 0 Å². The van der Waals surface area contributed by atoms with Gasteiger partial charge in [-0.25, -0.2) is 9.78 Å². The molecule has 0 spiro atoms. The lowest BCUT2D eigenvalue weighted by Gasteiger charge is -2.25. The van der Waals surface area contributed by atoms with Gasteiger partial charge >= 0.3 is 5.97 Å². The summed E-state index contributed by atoms with van der Waals surface area (Å²) in [4.78, 5) is 19.3. The Kier molecular flexibility index (Phi) is 8.84. The fraction of sp³-hybridized carbons (Fsp3) is 0.200. The van der Waals surface area contributed by atoms with E-state index in [1.165, 1.54) is 11.3 Å². The number of aromatic carboxylic acids is 1. The Hall–Kier alpha value is -4.48. The summed E-state index contributed by atoms with van der Waals surface area (Å²) in [6.07, 6.45) is 2.14. The van der Waals surface area contributed by atoms with Gasteiger partial charge in [0.2, 0.25) is 0 Å². The van der Waals surface area contributed by atoms with E-state index in [1.54, 1.807) is 12.1 Å². The van der Waals surface area contributed by atoms with Crippen LogP contribution in [0.5, 0.6) is 0 Å². The number of aromatic nitrogens is 2. The second kappa shape index (κ2) is 13.0. The van der Waals surface area contributed by atoms with Crippen LogP contribution in [0, 0.1) is 0 Å². The van der Waals surface area contributed by atoms with Crippen LogP contribution in [0.15, 0.2) is 115 Å². The van der Waals surface area contributed by atoms with E-state index in [0.717, 1.165) is 54.1 Å². The molecule has 0 amide bonds. The first-order valence-electron chi connectivity index (χ1n) is 13.9. The van der Waals surface area contributed by atoms with Crippen LogP contribution in [0.25, 0.3) is 22.6 Å². The summed E-state index contributed by atoms with van der Waals surface area (Å²) in [5.41, 5.74) is 6.85. The minimum Gasteiger partial charge on any atom is -0.478 e. The molecule has 0 bridgehead atoms. The average Bonchev–Trinajstić information content (AvgIpc) is 3.35. The average molecular weight is 530 g/mol. The first-order chi connectivity index (χ1) is 19.6. The van der Waals surface area contributed by atoms with Crippen molar-refractivity contribution in [3.8, 4) is 22.6 Å². The summed E-state index contributed by atoms with van der Waals surface area (Å²) in [6.45, 7) is 5.10. The molecule has 0 saturated carbocycles. The monoisotopic (exact) mass is 529 g/mol. The molecule has 5 rings (SSSR count). The molecule has 0 aliphatic heterocycles. The van der Waals surface area contributed by atoms with Crippen LogP contribution in [0.3, 0.4) is 0 Å². The van der Waals surface area contributed by atoms with E-state index in [2.05, 4.69) is 89.2 Å². The lowest BCUT2D eigenvalue weighted by atomic mass is 10.1. The Morgan fingerprint density at radius 1 is 0.750 bits per heavy atom. The summed E-state index contributed by atoms with van der Waals surface area (Å²) < 4.78 is 2.40. The summed E-state index contributed by atoms with van der Waals surface area (Å²) in [5.74, 6) is 0.0726.